The fourth-order valence-corrected chi connectivity index (χ4v) is 2.74. The van der Waals surface area contributed by atoms with Gasteiger partial charge in [0, 0.05) is 0 Å². The van der Waals surface area contributed by atoms with Gasteiger partial charge in [0.25, 0.3) is 0 Å². The molecule has 0 aromatic heterocycles. The molecule has 1 saturated heterocycles. The fraction of sp³-hybridized carbons (Fsp3) is 0.750. The average molecular weight is 236 g/mol. The van der Waals surface area contributed by atoms with Crippen LogP contribution in [0.3, 0.4) is 0 Å². The SMILES string of the molecule is CC1(C)OC2(C)COP(=O)(O)OC2=C1O. The van der Waals surface area contributed by atoms with E-state index in [1.54, 1.807) is 20.8 Å². The van der Waals surface area contributed by atoms with E-state index in [4.69, 9.17) is 14.2 Å². The molecule has 7 heteroatoms. The molecule has 2 rings (SSSR count). The normalized spacial score (nSPS) is 43.7. The van der Waals surface area contributed by atoms with Crippen LogP contribution in [-0.2, 0) is 18.3 Å². The highest BCUT2D eigenvalue weighted by molar-refractivity contribution is 7.47. The zero-order valence-corrected chi connectivity index (χ0v) is 9.58. The van der Waals surface area contributed by atoms with Crippen LogP contribution in [0.1, 0.15) is 20.8 Å². The van der Waals surface area contributed by atoms with Crippen LogP contribution in [0.2, 0.25) is 0 Å². The van der Waals surface area contributed by atoms with Crippen LogP contribution in [0, 0.1) is 0 Å². The number of phosphoric ester groups is 1. The molecule has 0 radical (unpaired) electrons. The lowest BCUT2D eigenvalue weighted by atomic mass is 10.0. The lowest BCUT2D eigenvalue weighted by Gasteiger charge is -2.33. The number of phosphoric acid groups is 1. The highest BCUT2D eigenvalue weighted by atomic mass is 31.2. The van der Waals surface area contributed by atoms with Crippen LogP contribution < -0.4 is 0 Å². The maximum atomic E-state index is 11.2. The summed E-state index contributed by atoms with van der Waals surface area (Å²) < 4.78 is 26.1. The number of aliphatic hydroxyl groups is 1. The number of fused-ring (bicyclic) bond motifs is 1. The zero-order chi connectivity index (χ0) is 11.5. The number of hydrogen-bond donors (Lipinski definition) is 2. The first-order chi connectivity index (χ1) is 6.66. The van der Waals surface area contributed by atoms with E-state index in [1.165, 1.54) is 0 Å². The van der Waals surface area contributed by atoms with E-state index in [0.29, 0.717) is 0 Å². The molecule has 0 spiro atoms. The smallest absolute Gasteiger partial charge is 0.506 e. The lowest BCUT2D eigenvalue weighted by Crippen LogP contribution is -2.39. The van der Waals surface area contributed by atoms with Crippen LogP contribution in [0.5, 0.6) is 0 Å². The van der Waals surface area contributed by atoms with Crippen LogP contribution in [0.25, 0.3) is 0 Å². The van der Waals surface area contributed by atoms with Crippen molar-refractivity contribution in [2.45, 2.75) is 32.0 Å². The van der Waals surface area contributed by atoms with E-state index in [2.05, 4.69) is 4.52 Å². The first-order valence-corrected chi connectivity index (χ1v) is 5.97. The third-order valence-electron chi connectivity index (χ3n) is 2.46. The third kappa shape index (κ3) is 1.58. The molecule has 0 saturated carbocycles. The summed E-state index contributed by atoms with van der Waals surface area (Å²) in [4.78, 5) is 9.13. The van der Waals surface area contributed by atoms with Crippen LogP contribution in [0.15, 0.2) is 11.5 Å². The van der Waals surface area contributed by atoms with Gasteiger partial charge in [-0.25, -0.2) is 4.57 Å². The molecule has 2 aliphatic heterocycles. The van der Waals surface area contributed by atoms with Crippen molar-refractivity contribution in [2.24, 2.45) is 0 Å². The number of aliphatic hydroxyl groups excluding tert-OH is 1. The Labute approximate surface area is 87.1 Å². The Hall–Kier alpha value is -0.550. The van der Waals surface area contributed by atoms with E-state index >= 15 is 0 Å². The highest BCUT2D eigenvalue weighted by Gasteiger charge is 2.56. The van der Waals surface area contributed by atoms with E-state index < -0.39 is 19.0 Å². The van der Waals surface area contributed by atoms with Crippen molar-refractivity contribution >= 4 is 7.82 Å². The summed E-state index contributed by atoms with van der Waals surface area (Å²) in [7, 11) is -4.09. The van der Waals surface area contributed by atoms with E-state index in [0.717, 1.165) is 0 Å². The van der Waals surface area contributed by atoms with Gasteiger partial charge in [0.05, 0.1) is 6.61 Å². The molecule has 2 aliphatic rings. The molecular weight excluding hydrogens is 223 g/mol. The lowest BCUT2D eigenvalue weighted by molar-refractivity contribution is -0.118. The maximum absolute atomic E-state index is 11.2. The quantitative estimate of drug-likeness (QED) is 0.619. The summed E-state index contributed by atoms with van der Waals surface area (Å²) in [5.74, 6) is -0.174. The summed E-state index contributed by atoms with van der Waals surface area (Å²) in [5.41, 5.74) is -1.93. The molecule has 1 fully saturated rings. The standard InChI is InChI=1S/C8H13O6P/c1-7(2)5(9)6-8(3,14-7)4-12-15(10,11)13-6/h9H,4H2,1-3H3,(H,10,11). The van der Waals surface area contributed by atoms with Crippen LogP contribution >= 0.6 is 7.82 Å². The summed E-state index contributed by atoms with van der Waals surface area (Å²) >= 11 is 0. The Morgan fingerprint density at radius 3 is 2.60 bits per heavy atom. The van der Waals surface area contributed by atoms with Gasteiger partial charge in [-0.3, -0.25) is 9.42 Å². The van der Waals surface area contributed by atoms with Crippen molar-refractivity contribution in [2.75, 3.05) is 6.61 Å². The minimum Gasteiger partial charge on any atom is -0.506 e. The van der Waals surface area contributed by atoms with Gasteiger partial charge in [-0.05, 0) is 20.8 Å². The van der Waals surface area contributed by atoms with Gasteiger partial charge >= 0.3 is 7.82 Å². The molecule has 0 aromatic rings. The molecule has 2 N–H and O–H groups in total. The van der Waals surface area contributed by atoms with Crippen LogP contribution in [0.4, 0.5) is 0 Å². The minimum atomic E-state index is -4.09. The van der Waals surface area contributed by atoms with Gasteiger partial charge in [-0.2, -0.15) is 0 Å². The number of ether oxygens (including phenoxy) is 1. The zero-order valence-electron chi connectivity index (χ0n) is 8.68. The Kier molecular flexibility index (Phi) is 2.02. The van der Waals surface area contributed by atoms with Crippen molar-refractivity contribution in [3.05, 3.63) is 11.5 Å². The monoisotopic (exact) mass is 236 g/mol. The number of hydrogen-bond acceptors (Lipinski definition) is 5. The predicted molar refractivity (Wildman–Crippen MR) is 50.1 cm³/mol. The molecular formula is C8H13O6P. The molecule has 0 aliphatic carbocycles. The Bertz CT molecular complexity index is 387. The molecule has 2 atom stereocenters. The second-order valence-corrected chi connectivity index (χ2v) is 5.73. The summed E-state index contributed by atoms with van der Waals surface area (Å²) in [6, 6.07) is 0. The van der Waals surface area contributed by atoms with Gasteiger partial charge in [0.2, 0.25) is 0 Å². The molecule has 6 nitrogen and oxygen atoms in total. The summed E-state index contributed by atoms with van der Waals surface area (Å²) in [6.45, 7) is 4.80. The number of rotatable bonds is 0. The van der Waals surface area contributed by atoms with Gasteiger partial charge in [-0.1, -0.05) is 0 Å². The van der Waals surface area contributed by atoms with Gasteiger partial charge in [0.1, 0.15) is 5.60 Å². The fourth-order valence-electron chi connectivity index (χ4n) is 1.76. The van der Waals surface area contributed by atoms with Crippen molar-refractivity contribution in [3.8, 4) is 0 Å². The first-order valence-electron chi connectivity index (χ1n) is 4.48. The maximum Gasteiger partial charge on any atom is 0.527 e. The molecule has 15 heavy (non-hydrogen) atoms. The molecule has 0 amide bonds. The average Bonchev–Trinajstić information content (AvgIpc) is 2.23. The van der Waals surface area contributed by atoms with Crippen molar-refractivity contribution < 1.29 is 28.3 Å². The molecule has 2 unspecified atom stereocenters. The van der Waals surface area contributed by atoms with Gasteiger partial charge in [0.15, 0.2) is 17.1 Å². The molecule has 0 bridgehead atoms. The van der Waals surface area contributed by atoms with Crippen LogP contribution in [-0.4, -0.2) is 27.8 Å². The van der Waals surface area contributed by atoms with Gasteiger partial charge < -0.3 is 14.4 Å². The van der Waals surface area contributed by atoms with E-state index in [1.807, 2.05) is 0 Å². The Balaban J connectivity index is 2.46. The van der Waals surface area contributed by atoms with Crippen molar-refractivity contribution in [3.63, 3.8) is 0 Å². The second kappa shape index (κ2) is 2.77. The highest BCUT2D eigenvalue weighted by Crippen LogP contribution is 2.57. The third-order valence-corrected chi connectivity index (χ3v) is 3.32. The molecule has 0 aromatic carbocycles. The van der Waals surface area contributed by atoms with E-state index in [9.17, 15) is 9.67 Å². The van der Waals surface area contributed by atoms with E-state index in [-0.39, 0.29) is 18.1 Å². The Morgan fingerprint density at radius 1 is 1.40 bits per heavy atom. The van der Waals surface area contributed by atoms with Crippen molar-refractivity contribution in [1.29, 1.82) is 0 Å². The minimum absolute atomic E-state index is 0.00965. The Morgan fingerprint density at radius 2 is 2.00 bits per heavy atom. The van der Waals surface area contributed by atoms with Crippen molar-refractivity contribution in [1.82, 2.24) is 0 Å². The molecule has 86 valence electrons. The topological polar surface area (TPSA) is 85.2 Å². The largest absolute Gasteiger partial charge is 0.527 e. The summed E-state index contributed by atoms with van der Waals surface area (Å²) in [5, 5.41) is 9.79. The molecule has 2 heterocycles. The summed E-state index contributed by atoms with van der Waals surface area (Å²) in [6.07, 6.45) is 0. The first kappa shape index (κ1) is 11.0. The predicted octanol–water partition coefficient (Wildman–Crippen LogP) is 1.47. The second-order valence-electron chi connectivity index (χ2n) is 4.35. The van der Waals surface area contributed by atoms with Gasteiger partial charge in [-0.15, -0.1) is 0 Å².